The lowest BCUT2D eigenvalue weighted by molar-refractivity contribution is -0.117. The predicted molar refractivity (Wildman–Crippen MR) is 102 cm³/mol. The summed E-state index contributed by atoms with van der Waals surface area (Å²) in [5.74, 6) is -0.316. The molecule has 1 aromatic heterocycles. The molecule has 3 heteroatoms. The Bertz CT molecular complexity index is 1030. The molecule has 1 amide bonds. The Balaban J connectivity index is 1.89. The quantitative estimate of drug-likeness (QED) is 0.596. The summed E-state index contributed by atoms with van der Waals surface area (Å²) in [6.07, 6.45) is 0.262. The van der Waals surface area contributed by atoms with Crippen LogP contribution < -0.4 is 5.73 Å². The highest BCUT2D eigenvalue weighted by molar-refractivity contribution is 5.89. The third kappa shape index (κ3) is 2.92. The van der Waals surface area contributed by atoms with E-state index >= 15 is 0 Å². The second-order valence-electron chi connectivity index (χ2n) is 6.10. The highest BCUT2D eigenvalue weighted by atomic mass is 16.1. The smallest absolute Gasteiger partial charge is 0.221 e. The van der Waals surface area contributed by atoms with Gasteiger partial charge in [-0.1, -0.05) is 60.7 Å². The van der Waals surface area contributed by atoms with E-state index in [1.165, 1.54) is 10.9 Å². The van der Waals surface area contributed by atoms with E-state index in [1.807, 2.05) is 42.5 Å². The average molecular weight is 326 g/mol. The zero-order chi connectivity index (χ0) is 17.2. The van der Waals surface area contributed by atoms with Gasteiger partial charge in [-0.25, -0.2) is 0 Å². The van der Waals surface area contributed by atoms with E-state index in [0.717, 1.165) is 22.5 Å². The second kappa shape index (κ2) is 6.29. The third-order valence-corrected chi connectivity index (χ3v) is 4.35. The van der Waals surface area contributed by atoms with Gasteiger partial charge in [0, 0.05) is 11.1 Å². The van der Waals surface area contributed by atoms with Gasteiger partial charge >= 0.3 is 0 Å². The second-order valence-corrected chi connectivity index (χ2v) is 6.10. The first-order valence-corrected chi connectivity index (χ1v) is 8.26. The van der Waals surface area contributed by atoms with Crippen molar-refractivity contribution in [2.24, 2.45) is 5.73 Å². The highest BCUT2D eigenvalue weighted by Gasteiger charge is 2.12. The fraction of sp³-hybridized carbons (Fsp3) is 0.0455. The van der Waals surface area contributed by atoms with Gasteiger partial charge in [0.1, 0.15) is 0 Å². The first-order valence-electron chi connectivity index (χ1n) is 8.26. The van der Waals surface area contributed by atoms with E-state index in [-0.39, 0.29) is 12.3 Å². The molecule has 25 heavy (non-hydrogen) atoms. The fourth-order valence-corrected chi connectivity index (χ4v) is 3.22. The fourth-order valence-electron chi connectivity index (χ4n) is 3.22. The van der Waals surface area contributed by atoms with E-state index in [1.54, 1.807) is 0 Å². The van der Waals surface area contributed by atoms with Crippen LogP contribution in [-0.2, 0) is 11.2 Å². The molecule has 0 radical (unpaired) electrons. The lowest BCUT2D eigenvalue weighted by Crippen LogP contribution is -2.13. The molecule has 0 bridgehead atoms. The minimum atomic E-state index is -0.316. The maximum Gasteiger partial charge on any atom is 0.221 e. The number of carbonyl (C=O) groups excluding carboxylic acids is 1. The van der Waals surface area contributed by atoms with Crippen LogP contribution in [-0.4, -0.2) is 10.5 Å². The molecular formula is C22H18N2O. The van der Waals surface area contributed by atoms with Crippen LogP contribution >= 0.6 is 0 Å². The van der Waals surface area contributed by atoms with Gasteiger partial charge in [-0.05, 0) is 35.4 Å². The number of fused-ring (bicyclic) bond motifs is 1. The van der Waals surface area contributed by atoms with Crippen LogP contribution in [0.5, 0.6) is 0 Å². The maximum atomic E-state index is 11.1. The van der Waals surface area contributed by atoms with Gasteiger partial charge in [0.2, 0.25) is 5.91 Å². The number of amides is 1. The van der Waals surface area contributed by atoms with Crippen molar-refractivity contribution in [3.63, 3.8) is 0 Å². The predicted octanol–water partition coefficient (Wildman–Crippen LogP) is 4.33. The third-order valence-electron chi connectivity index (χ3n) is 4.35. The van der Waals surface area contributed by atoms with Crippen molar-refractivity contribution in [3.05, 3.63) is 90.5 Å². The van der Waals surface area contributed by atoms with Crippen molar-refractivity contribution >= 4 is 16.8 Å². The molecule has 0 fully saturated rings. The van der Waals surface area contributed by atoms with Gasteiger partial charge in [0.05, 0.1) is 17.6 Å². The van der Waals surface area contributed by atoms with Crippen molar-refractivity contribution in [3.8, 4) is 16.9 Å². The summed E-state index contributed by atoms with van der Waals surface area (Å²) in [4.78, 5) is 11.1. The zero-order valence-corrected chi connectivity index (χ0v) is 13.7. The molecule has 4 aromatic rings. The Kier molecular flexibility index (Phi) is 3.82. The molecule has 1 heterocycles. The average Bonchev–Trinajstić information content (AvgIpc) is 3.02. The number of rotatable bonds is 4. The summed E-state index contributed by atoms with van der Waals surface area (Å²) in [7, 11) is 0. The number of carbonyl (C=O) groups is 1. The van der Waals surface area contributed by atoms with Gasteiger partial charge < -0.3 is 10.3 Å². The molecule has 0 aliphatic carbocycles. The Hall–Kier alpha value is -3.33. The topological polar surface area (TPSA) is 48.0 Å². The zero-order valence-electron chi connectivity index (χ0n) is 13.7. The molecule has 0 aliphatic heterocycles. The molecule has 0 unspecified atom stereocenters. The Morgan fingerprint density at radius 1 is 0.840 bits per heavy atom. The van der Waals surface area contributed by atoms with E-state index in [4.69, 9.17) is 5.73 Å². The minimum Gasteiger partial charge on any atom is -0.369 e. The number of primary amides is 1. The minimum absolute atomic E-state index is 0.262. The van der Waals surface area contributed by atoms with E-state index in [9.17, 15) is 4.79 Å². The number of aromatic nitrogens is 1. The number of para-hydroxylation sites is 1. The van der Waals surface area contributed by atoms with Gasteiger partial charge in [0.15, 0.2) is 0 Å². The highest BCUT2D eigenvalue weighted by Crippen LogP contribution is 2.31. The number of nitrogens with zero attached hydrogens (tertiary/aromatic N) is 1. The standard InChI is InChI=1S/C22H18N2O/c23-22(25)14-16-10-12-19(13-11-16)24-20-9-5-4-8-18(20)15-21(24)17-6-2-1-3-7-17/h1-13,15H,14H2,(H2,23,25). The molecule has 2 N–H and O–H groups in total. The number of benzene rings is 3. The van der Waals surface area contributed by atoms with Gasteiger partial charge in [-0.15, -0.1) is 0 Å². The van der Waals surface area contributed by atoms with Crippen molar-refractivity contribution in [1.29, 1.82) is 0 Å². The number of hydrogen-bond donors (Lipinski definition) is 1. The Morgan fingerprint density at radius 3 is 2.24 bits per heavy atom. The summed E-state index contributed by atoms with van der Waals surface area (Å²) in [6.45, 7) is 0. The number of hydrogen-bond acceptors (Lipinski definition) is 1. The largest absolute Gasteiger partial charge is 0.369 e. The summed E-state index contributed by atoms with van der Waals surface area (Å²) in [5.41, 5.74) is 10.7. The van der Waals surface area contributed by atoms with Crippen LogP contribution in [0.2, 0.25) is 0 Å². The van der Waals surface area contributed by atoms with Crippen molar-refractivity contribution < 1.29 is 4.79 Å². The summed E-state index contributed by atoms with van der Waals surface area (Å²) < 4.78 is 2.25. The van der Waals surface area contributed by atoms with Gasteiger partial charge in [-0.3, -0.25) is 4.79 Å². The molecular weight excluding hydrogens is 308 g/mol. The lowest BCUT2D eigenvalue weighted by Gasteiger charge is -2.12. The van der Waals surface area contributed by atoms with E-state index in [0.29, 0.717) is 0 Å². The first kappa shape index (κ1) is 15.2. The molecule has 0 atom stereocenters. The van der Waals surface area contributed by atoms with Gasteiger partial charge in [0.25, 0.3) is 0 Å². The Morgan fingerprint density at radius 2 is 1.52 bits per heavy atom. The first-order chi connectivity index (χ1) is 12.2. The monoisotopic (exact) mass is 326 g/mol. The van der Waals surface area contributed by atoms with Crippen molar-refractivity contribution in [1.82, 2.24) is 4.57 Å². The van der Waals surface area contributed by atoms with Crippen LogP contribution in [0.4, 0.5) is 0 Å². The SMILES string of the molecule is NC(=O)Cc1ccc(-n2c(-c3ccccc3)cc3ccccc32)cc1. The summed E-state index contributed by atoms with van der Waals surface area (Å²) in [6, 6.07) is 28.9. The molecule has 122 valence electrons. The summed E-state index contributed by atoms with van der Waals surface area (Å²) in [5, 5.41) is 1.20. The molecule has 0 saturated carbocycles. The molecule has 3 aromatic carbocycles. The van der Waals surface area contributed by atoms with E-state index in [2.05, 4.69) is 47.0 Å². The van der Waals surface area contributed by atoms with Gasteiger partial charge in [-0.2, -0.15) is 0 Å². The molecule has 3 nitrogen and oxygen atoms in total. The van der Waals surface area contributed by atoms with Crippen LogP contribution in [0.25, 0.3) is 27.8 Å². The van der Waals surface area contributed by atoms with Crippen LogP contribution in [0, 0.1) is 0 Å². The molecule has 0 spiro atoms. The van der Waals surface area contributed by atoms with E-state index < -0.39 is 0 Å². The molecule has 0 aliphatic rings. The van der Waals surface area contributed by atoms with Crippen molar-refractivity contribution in [2.75, 3.05) is 0 Å². The summed E-state index contributed by atoms with van der Waals surface area (Å²) >= 11 is 0. The lowest BCUT2D eigenvalue weighted by atomic mass is 10.1. The normalized spacial score (nSPS) is 10.9. The number of nitrogens with two attached hydrogens (primary N) is 1. The van der Waals surface area contributed by atoms with Crippen LogP contribution in [0.3, 0.4) is 0 Å². The van der Waals surface area contributed by atoms with Crippen LogP contribution in [0.15, 0.2) is 84.9 Å². The van der Waals surface area contributed by atoms with Crippen LogP contribution in [0.1, 0.15) is 5.56 Å². The molecule has 4 rings (SSSR count). The maximum absolute atomic E-state index is 11.1. The molecule has 0 saturated heterocycles. The van der Waals surface area contributed by atoms with Crippen molar-refractivity contribution in [2.45, 2.75) is 6.42 Å². The Labute approximate surface area is 146 Å².